The molecule has 1 amide bonds. The number of rotatable bonds is 5. The Bertz CT molecular complexity index is 902. The minimum Gasteiger partial charge on any atom is -0.497 e. The van der Waals surface area contributed by atoms with E-state index in [-0.39, 0.29) is 0 Å². The van der Waals surface area contributed by atoms with Crippen molar-refractivity contribution in [2.75, 3.05) is 14.2 Å². The molecule has 0 aliphatic carbocycles. The van der Waals surface area contributed by atoms with Gasteiger partial charge in [0.1, 0.15) is 11.4 Å². The Labute approximate surface area is 150 Å². The number of carbonyl (C=O) groups excluding carboxylic acids is 1. The molecule has 132 valence electrons. The predicted octanol–water partition coefficient (Wildman–Crippen LogP) is 3.24. The van der Waals surface area contributed by atoms with Crippen LogP contribution in [0.5, 0.6) is 5.75 Å². The van der Waals surface area contributed by atoms with Crippen LogP contribution in [0.15, 0.2) is 65.9 Å². The first-order valence-electron chi connectivity index (χ1n) is 7.88. The lowest BCUT2D eigenvalue weighted by Gasteiger charge is -2.02. The molecule has 0 bridgehead atoms. The molecule has 0 fully saturated rings. The van der Waals surface area contributed by atoms with E-state index in [2.05, 4.69) is 20.4 Å². The van der Waals surface area contributed by atoms with Gasteiger partial charge in [-0.3, -0.25) is 0 Å². The van der Waals surface area contributed by atoms with Gasteiger partial charge in [-0.2, -0.15) is 10.2 Å². The van der Waals surface area contributed by atoms with Gasteiger partial charge in [0.05, 0.1) is 26.1 Å². The van der Waals surface area contributed by atoms with Crippen molar-refractivity contribution in [3.63, 3.8) is 0 Å². The minimum atomic E-state index is -0.636. The number of nitrogens with zero attached hydrogens (tertiary/aromatic N) is 3. The van der Waals surface area contributed by atoms with E-state index in [9.17, 15) is 4.79 Å². The highest BCUT2D eigenvalue weighted by atomic mass is 16.5. The molecule has 1 aromatic heterocycles. The summed E-state index contributed by atoms with van der Waals surface area (Å²) in [5.41, 5.74) is 5.57. The number of nitrogens with one attached hydrogen (secondary N) is 1. The number of hydrazone groups is 1. The highest BCUT2D eigenvalue weighted by Gasteiger charge is 2.11. The summed E-state index contributed by atoms with van der Waals surface area (Å²) in [6, 6.07) is 17.3. The SMILES string of the molecule is COC(=O)N/N=C/c1cn(-c2ccccc2)nc1-c1ccc(OC)cc1. The number of aromatic nitrogens is 2. The Morgan fingerprint density at radius 2 is 1.85 bits per heavy atom. The first kappa shape index (κ1) is 17.2. The van der Waals surface area contributed by atoms with Crippen molar-refractivity contribution in [2.45, 2.75) is 0 Å². The molecule has 7 nitrogen and oxygen atoms in total. The largest absolute Gasteiger partial charge is 0.497 e. The molecule has 0 saturated carbocycles. The maximum atomic E-state index is 11.2. The first-order valence-corrected chi connectivity index (χ1v) is 7.88. The van der Waals surface area contributed by atoms with Crippen LogP contribution in [0.4, 0.5) is 4.79 Å². The molecule has 7 heteroatoms. The van der Waals surface area contributed by atoms with E-state index in [0.717, 1.165) is 28.3 Å². The fourth-order valence-corrected chi connectivity index (χ4v) is 2.37. The van der Waals surface area contributed by atoms with Crippen LogP contribution >= 0.6 is 0 Å². The number of hydrogen-bond acceptors (Lipinski definition) is 5. The number of benzene rings is 2. The lowest BCUT2D eigenvalue weighted by molar-refractivity contribution is 0.171. The smallest absolute Gasteiger partial charge is 0.427 e. The maximum absolute atomic E-state index is 11.2. The zero-order valence-corrected chi connectivity index (χ0v) is 14.4. The third-order valence-corrected chi connectivity index (χ3v) is 3.67. The Kier molecular flexibility index (Phi) is 5.28. The van der Waals surface area contributed by atoms with E-state index in [0.29, 0.717) is 0 Å². The molecule has 0 aliphatic rings. The van der Waals surface area contributed by atoms with Gasteiger partial charge < -0.3 is 9.47 Å². The number of para-hydroxylation sites is 1. The van der Waals surface area contributed by atoms with E-state index in [4.69, 9.17) is 4.74 Å². The minimum absolute atomic E-state index is 0.636. The second-order valence-corrected chi connectivity index (χ2v) is 5.30. The molecule has 3 aromatic rings. The van der Waals surface area contributed by atoms with Crippen molar-refractivity contribution in [1.82, 2.24) is 15.2 Å². The van der Waals surface area contributed by atoms with Gasteiger partial charge in [0.15, 0.2) is 0 Å². The summed E-state index contributed by atoms with van der Waals surface area (Å²) in [7, 11) is 2.90. The van der Waals surface area contributed by atoms with Crippen molar-refractivity contribution in [2.24, 2.45) is 5.10 Å². The third-order valence-electron chi connectivity index (χ3n) is 3.67. The van der Waals surface area contributed by atoms with Crippen molar-refractivity contribution < 1.29 is 14.3 Å². The summed E-state index contributed by atoms with van der Waals surface area (Å²) in [5, 5.41) is 8.58. The summed E-state index contributed by atoms with van der Waals surface area (Å²) in [6.07, 6.45) is 2.74. The van der Waals surface area contributed by atoms with Crippen LogP contribution < -0.4 is 10.2 Å². The van der Waals surface area contributed by atoms with Crippen LogP contribution in [0.25, 0.3) is 16.9 Å². The van der Waals surface area contributed by atoms with Crippen molar-refractivity contribution >= 4 is 12.3 Å². The van der Waals surface area contributed by atoms with E-state index in [1.54, 1.807) is 11.8 Å². The topological polar surface area (TPSA) is 77.7 Å². The summed E-state index contributed by atoms with van der Waals surface area (Å²) < 4.78 is 11.5. The first-order chi connectivity index (χ1) is 12.7. The van der Waals surface area contributed by atoms with E-state index < -0.39 is 6.09 Å². The van der Waals surface area contributed by atoms with Crippen LogP contribution in [0.1, 0.15) is 5.56 Å². The van der Waals surface area contributed by atoms with Gasteiger partial charge >= 0.3 is 6.09 Å². The monoisotopic (exact) mass is 350 g/mol. The van der Waals surface area contributed by atoms with E-state index in [1.807, 2.05) is 60.8 Å². The summed E-state index contributed by atoms with van der Waals surface area (Å²) in [4.78, 5) is 11.2. The molecule has 26 heavy (non-hydrogen) atoms. The van der Waals surface area contributed by atoms with Crippen LogP contribution in [0.2, 0.25) is 0 Å². The molecule has 0 radical (unpaired) electrons. The second kappa shape index (κ2) is 7.98. The Morgan fingerprint density at radius 3 is 2.50 bits per heavy atom. The third kappa shape index (κ3) is 3.89. The number of ether oxygens (including phenoxy) is 2. The van der Waals surface area contributed by atoms with Crippen molar-refractivity contribution in [3.05, 3.63) is 66.4 Å². The highest BCUT2D eigenvalue weighted by molar-refractivity contribution is 5.89. The molecule has 1 N–H and O–H groups in total. The fraction of sp³-hybridized carbons (Fsp3) is 0.105. The zero-order chi connectivity index (χ0) is 18.4. The average Bonchev–Trinajstić information content (AvgIpc) is 3.12. The standard InChI is InChI=1S/C19H18N4O3/c1-25-17-10-8-14(9-11-17)18-15(12-20-21-19(24)26-2)13-23(22-18)16-6-4-3-5-7-16/h3-13H,1-2H3,(H,21,24)/b20-12+. The molecule has 0 atom stereocenters. The predicted molar refractivity (Wildman–Crippen MR) is 98.7 cm³/mol. The fourth-order valence-electron chi connectivity index (χ4n) is 2.37. The van der Waals surface area contributed by atoms with Gasteiger partial charge in [-0.1, -0.05) is 18.2 Å². The van der Waals surface area contributed by atoms with Crippen LogP contribution in [-0.2, 0) is 4.74 Å². The molecule has 2 aromatic carbocycles. The zero-order valence-electron chi connectivity index (χ0n) is 14.4. The quantitative estimate of drug-likeness (QED) is 0.566. The number of carbonyl (C=O) groups is 1. The van der Waals surface area contributed by atoms with Gasteiger partial charge in [-0.05, 0) is 36.4 Å². The van der Waals surface area contributed by atoms with Crippen molar-refractivity contribution in [1.29, 1.82) is 0 Å². The summed E-state index contributed by atoms with van der Waals surface area (Å²) >= 11 is 0. The molecule has 0 aliphatic heterocycles. The molecule has 1 heterocycles. The molecular formula is C19H18N4O3. The molecule has 0 saturated heterocycles. The second-order valence-electron chi connectivity index (χ2n) is 5.30. The average molecular weight is 350 g/mol. The van der Waals surface area contributed by atoms with Crippen LogP contribution in [-0.4, -0.2) is 36.3 Å². The Balaban J connectivity index is 1.99. The molecule has 0 unspecified atom stereocenters. The van der Waals surface area contributed by atoms with Crippen LogP contribution in [0, 0.1) is 0 Å². The van der Waals surface area contributed by atoms with Gasteiger partial charge in [0.25, 0.3) is 0 Å². The van der Waals surface area contributed by atoms with Gasteiger partial charge in [-0.15, -0.1) is 0 Å². The normalized spacial score (nSPS) is 10.7. The summed E-state index contributed by atoms with van der Waals surface area (Å²) in [6.45, 7) is 0. The lowest BCUT2D eigenvalue weighted by Crippen LogP contribution is -2.16. The van der Waals surface area contributed by atoms with Crippen LogP contribution in [0.3, 0.4) is 0 Å². The van der Waals surface area contributed by atoms with E-state index >= 15 is 0 Å². The van der Waals surface area contributed by atoms with E-state index in [1.165, 1.54) is 13.3 Å². The lowest BCUT2D eigenvalue weighted by atomic mass is 10.1. The number of methoxy groups -OCH3 is 2. The van der Waals surface area contributed by atoms with Gasteiger partial charge in [-0.25, -0.2) is 14.9 Å². The molecular weight excluding hydrogens is 332 g/mol. The summed E-state index contributed by atoms with van der Waals surface area (Å²) in [5.74, 6) is 0.763. The molecule has 0 spiro atoms. The van der Waals surface area contributed by atoms with Gasteiger partial charge in [0, 0.05) is 17.3 Å². The Morgan fingerprint density at radius 1 is 1.12 bits per heavy atom. The van der Waals surface area contributed by atoms with Crippen molar-refractivity contribution in [3.8, 4) is 22.7 Å². The number of amides is 1. The maximum Gasteiger partial charge on any atom is 0.427 e. The Hall–Kier alpha value is -3.61. The molecule has 3 rings (SSSR count). The highest BCUT2D eigenvalue weighted by Crippen LogP contribution is 2.24. The number of hydrogen-bond donors (Lipinski definition) is 1. The van der Waals surface area contributed by atoms with Gasteiger partial charge in [0.2, 0.25) is 0 Å².